The van der Waals surface area contributed by atoms with E-state index in [1.165, 1.54) is 38.5 Å². The summed E-state index contributed by atoms with van der Waals surface area (Å²) in [5.74, 6) is 0. The molecule has 0 aromatic rings. The van der Waals surface area contributed by atoms with Crippen molar-refractivity contribution in [2.75, 3.05) is 0 Å². The SMILES string of the molecule is BrC1CCCCC1[Se]1(Br)CCCC1. The minimum absolute atomic E-state index is 0.846. The van der Waals surface area contributed by atoms with Crippen molar-refractivity contribution < 1.29 is 0 Å². The van der Waals surface area contributed by atoms with Crippen molar-refractivity contribution in [1.29, 1.82) is 0 Å². The van der Waals surface area contributed by atoms with Gasteiger partial charge in [0.05, 0.1) is 0 Å². The monoisotopic (exact) mass is 376 g/mol. The predicted octanol–water partition coefficient (Wildman–Crippen LogP) is 4.83. The summed E-state index contributed by atoms with van der Waals surface area (Å²) >= 11 is 6.91. The molecule has 1 saturated heterocycles. The summed E-state index contributed by atoms with van der Waals surface area (Å²) in [7, 11) is 0. The molecular formula is C10H18Br2Se. The van der Waals surface area contributed by atoms with Gasteiger partial charge in [0.2, 0.25) is 0 Å². The quantitative estimate of drug-likeness (QED) is 0.454. The second kappa shape index (κ2) is 4.55. The fourth-order valence-electron chi connectivity index (χ4n) is 2.62. The van der Waals surface area contributed by atoms with Gasteiger partial charge in [0.25, 0.3) is 0 Å². The summed E-state index contributed by atoms with van der Waals surface area (Å²) in [5, 5.41) is 3.12. The van der Waals surface area contributed by atoms with Crippen LogP contribution in [0.1, 0.15) is 38.5 Å². The first-order chi connectivity index (χ1) is 6.22. The summed E-state index contributed by atoms with van der Waals surface area (Å²) < 4.78 is 0. The molecule has 3 heteroatoms. The van der Waals surface area contributed by atoms with E-state index < -0.39 is 11.0 Å². The number of hydrogen-bond donors (Lipinski definition) is 0. The first-order valence-corrected chi connectivity index (χ1v) is 13.7. The Morgan fingerprint density at radius 1 is 0.923 bits per heavy atom. The number of hydrogen-bond acceptors (Lipinski definition) is 0. The van der Waals surface area contributed by atoms with Gasteiger partial charge in [0.15, 0.2) is 0 Å². The molecule has 78 valence electrons. The van der Waals surface area contributed by atoms with E-state index in [1.807, 2.05) is 0 Å². The molecule has 13 heavy (non-hydrogen) atoms. The zero-order valence-electron chi connectivity index (χ0n) is 7.98. The Morgan fingerprint density at radius 3 is 2.15 bits per heavy atom. The van der Waals surface area contributed by atoms with Gasteiger partial charge in [-0.2, -0.15) is 0 Å². The Balaban J connectivity index is 2.04. The summed E-state index contributed by atoms with van der Waals surface area (Å²) in [5.41, 5.74) is 0. The third-order valence-corrected chi connectivity index (χ3v) is 18.6. The minimum atomic E-state index is -1.17. The Kier molecular flexibility index (Phi) is 3.84. The Hall–Kier alpha value is 1.48. The standard InChI is InChI=1S/C10H18Br2Se/c11-9-5-1-2-6-10(9)13(12)7-3-4-8-13/h9-10H,1-8H2. The van der Waals surface area contributed by atoms with E-state index in [4.69, 9.17) is 0 Å². The number of halogens is 2. The topological polar surface area (TPSA) is 0 Å². The normalized spacial score (nSPS) is 41.7. The predicted molar refractivity (Wildman–Crippen MR) is 68.5 cm³/mol. The number of alkyl halides is 1. The van der Waals surface area contributed by atoms with Crippen molar-refractivity contribution in [3.63, 3.8) is 0 Å². The van der Waals surface area contributed by atoms with E-state index in [0.717, 1.165) is 9.64 Å². The fraction of sp³-hybridized carbons (Fsp3) is 1.00. The molecule has 0 bridgehead atoms. The van der Waals surface area contributed by atoms with E-state index in [1.54, 1.807) is 10.6 Å². The molecule has 2 atom stereocenters. The van der Waals surface area contributed by atoms with Crippen LogP contribution in [0.5, 0.6) is 0 Å². The first-order valence-electron chi connectivity index (χ1n) is 5.34. The second-order valence-electron chi connectivity index (χ2n) is 4.30. The van der Waals surface area contributed by atoms with Gasteiger partial charge < -0.3 is 0 Å². The van der Waals surface area contributed by atoms with Crippen molar-refractivity contribution >= 4 is 41.1 Å². The fourth-order valence-corrected chi connectivity index (χ4v) is 18.8. The van der Waals surface area contributed by atoms with Crippen LogP contribution in [-0.2, 0) is 0 Å². The number of rotatable bonds is 1. The van der Waals surface area contributed by atoms with Gasteiger partial charge >= 0.3 is 99.9 Å². The van der Waals surface area contributed by atoms with Crippen molar-refractivity contribution in [1.82, 2.24) is 0 Å². The molecule has 0 radical (unpaired) electrons. The molecule has 2 aliphatic rings. The van der Waals surface area contributed by atoms with Crippen LogP contribution in [0.3, 0.4) is 0 Å². The average molecular weight is 377 g/mol. The van der Waals surface area contributed by atoms with Crippen molar-refractivity contribution in [2.45, 2.75) is 58.8 Å². The zero-order valence-corrected chi connectivity index (χ0v) is 12.9. The molecule has 0 amide bonds. The van der Waals surface area contributed by atoms with Crippen LogP contribution in [0, 0.1) is 0 Å². The van der Waals surface area contributed by atoms with Gasteiger partial charge in [-0.1, -0.05) is 0 Å². The van der Waals surface area contributed by atoms with Crippen LogP contribution in [0.2, 0.25) is 15.5 Å². The molecule has 1 aliphatic carbocycles. The van der Waals surface area contributed by atoms with E-state index in [0.29, 0.717) is 0 Å². The van der Waals surface area contributed by atoms with E-state index in [2.05, 4.69) is 30.0 Å². The molecule has 0 aromatic carbocycles. The maximum absolute atomic E-state index is 4.17. The van der Waals surface area contributed by atoms with Crippen LogP contribution in [-0.4, -0.2) is 15.9 Å². The molecule has 1 heterocycles. The van der Waals surface area contributed by atoms with Crippen molar-refractivity contribution in [3.05, 3.63) is 0 Å². The van der Waals surface area contributed by atoms with Crippen LogP contribution >= 0.6 is 30.0 Å². The molecule has 0 spiro atoms. The molecule has 2 fully saturated rings. The van der Waals surface area contributed by atoms with Gasteiger partial charge in [0, 0.05) is 0 Å². The Labute approximate surface area is 99.3 Å². The van der Waals surface area contributed by atoms with Crippen LogP contribution in [0.15, 0.2) is 0 Å². The van der Waals surface area contributed by atoms with Gasteiger partial charge in [-0.05, 0) is 0 Å². The Morgan fingerprint density at radius 2 is 1.54 bits per heavy atom. The molecule has 1 aliphatic heterocycles. The van der Waals surface area contributed by atoms with Gasteiger partial charge in [-0.3, -0.25) is 0 Å². The summed E-state index contributed by atoms with van der Waals surface area (Å²) in [6, 6.07) is 0. The van der Waals surface area contributed by atoms with Crippen LogP contribution in [0.4, 0.5) is 0 Å². The third kappa shape index (κ3) is 2.35. The maximum atomic E-state index is 4.17. The molecule has 1 saturated carbocycles. The van der Waals surface area contributed by atoms with Crippen molar-refractivity contribution in [2.24, 2.45) is 0 Å². The van der Waals surface area contributed by atoms with Gasteiger partial charge in [-0.15, -0.1) is 0 Å². The van der Waals surface area contributed by atoms with Crippen molar-refractivity contribution in [3.8, 4) is 0 Å². The van der Waals surface area contributed by atoms with Crippen LogP contribution in [0.25, 0.3) is 0 Å². The van der Waals surface area contributed by atoms with E-state index in [9.17, 15) is 0 Å². The third-order valence-electron chi connectivity index (χ3n) is 3.38. The molecule has 2 unspecified atom stereocenters. The van der Waals surface area contributed by atoms with Crippen LogP contribution < -0.4 is 0 Å². The van der Waals surface area contributed by atoms with Gasteiger partial charge in [-0.25, -0.2) is 0 Å². The Bertz CT molecular complexity index is 178. The molecule has 0 nitrogen and oxygen atoms in total. The van der Waals surface area contributed by atoms with Gasteiger partial charge in [0.1, 0.15) is 0 Å². The average Bonchev–Trinajstić information content (AvgIpc) is 2.54. The summed E-state index contributed by atoms with van der Waals surface area (Å²) in [6.45, 7) is 0. The zero-order chi connectivity index (χ0) is 9.31. The first kappa shape index (κ1) is 11.0. The summed E-state index contributed by atoms with van der Waals surface area (Å²) in [6.07, 6.45) is 8.86. The molecule has 2 rings (SSSR count). The molecular weight excluding hydrogens is 359 g/mol. The second-order valence-corrected chi connectivity index (χ2v) is 18.7. The molecule has 0 N–H and O–H groups in total. The van der Waals surface area contributed by atoms with E-state index in [-0.39, 0.29) is 0 Å². The van der Waals surface area contributed by atoms with E-state index >= 15 is 0 Å². The molecule has 0 aromatic heterocycles. The summed E-state index contributed by atoms with van der Waals surface area (Å²) in [4.78, 5) is 1.89.